The van der Waals surface area contributed by atoms with Gasteiger partial charge in [0.25, 0.3) is 5.91 Å². The fourth-order valence-corrected chi connectivity index (χ4v) is 3.49. The molecule has 2 aliphatic rings. The Bertz CT molecular complexity index is 474. The molecule has 1 amide bonds. The Kier molecular flexibility index (Phi) is 4.53. The first kappa shape index (κ1) is 14.5. The van der Waals surface area contributed by atoms with Crippen LogP contribution in [0.2, 0.25) is 0 Å². The number of nitrogens with one attached hydrogen (secondary N) is 2. The van der Waals surface area contributed by atoms with Crippen molar-refractivity contribution in [3.63, 3.8) is 0 Å². The normalized spacial score (nSPS) is 22.3. The number of carbonyl (C=O) groups excluding carboxylic acids is 1. The quantitative estimate of drug-likeness (QED) is 0.882. The molecule has 3 rings (SSSR count). The molecule has 1 atom stereocenters. The number of piperidine rings is 1. The van der Waals surface area contributed by atoms with Crippen LogP contribution in [0.1, 0.15) is 62.0 Å². The SMILES string of the molecule is C[C@@H](NC(=O)c1cn(C2CCNCC2)nn1)C1CCCC1. The van der Waals surface area contributed by atoms with E-state index in [9.17, 15) is 4.79 Å². The topological polar surface area (TPSA) is 71.8 Å². The number of aromatic nitrogens is 3. The lowest BCUT2D eigenvalue weighted by Crippen LogP contribution is -2.37. The molecule has 0 radical (unpaired) electrons. The summed E-state index contributed by atoms with van der Waals surface area (Å²) in [5.74, 6) is 0.531. The molecule has 0 spiro atoms. The van der Waals surface area contributed by atoms with E-state index >= 15 is 0 Å². The molecule has 1 saturated carbocycles. The largest absolute Gasteiger partial charge is 0.348 e. The molecule has 1 aliphatic heterocycles. The Balaban J connectivity index is 1.58. The van der Waals surface area contributed by atoms with Gasteiger partial charge in [-0.2, -0.15) is 0 Å². The van der Waals surface area contributed by atoms with E-state index < -0.39 is 0 Å². The van der Waals surface area contributed by atoms with Crippen LogP contribution >= 0.6 is 0 Å². The minimum Gasteiger partial charge on any atom is -0.348 e. The van der Waals surface area contributed by atoms with Crippen molar-refractivity contribution in [3.05, 3.63) is 11.9 Å². The lowest BCUT2D eigenvalue weighted by Gasteiger charge is -2.22. The molecule has 1 aliphatic carbocycles. The van der Waals surface area contributed by atoms with E-state index in [1.54, 1.807) is 6.20 Å². The minimum absolute atomic E-state index is 0.0883. The van der Waals surface area contributed by atoms with Gasteiger partial charge in [-0.1, -0.05) is 18.1 Å². The zero-order chi connectivity index (χ0) is 14.7. The third-order valence-electron chi connectivity index (χ3n) is 4.89. The van der Waals surface area contributed by atoms with Crippen LogP contribution in [0.4, 0.5) is 0 Å². The number of hydrogen-bond acceptors (Lipinski definition) is 4. The van der Waals surface area contributed by atoms with E-state index in [4.69, 9.17) is 0 Å². The molecule has 1 aromatic rings. The molecule has 0 unspecified atom stereocenters. The van der Waals surface area contributed by atoms with Crippen LogP contribution < -0.4 is 10.6 Å². The Hall–Kier alpha value is -1.43. The standard InChI is InChI=1S/C15H25N5O/c1-11(12-4-2-3-5-12)17-15(21)14-10-20(19-18-14)13-6-8-16-9-7-13/h10-13,16H,2-9H2,1H3,(H,17,21)/t11-/m1/s1. The summed E-state index contributed by atoms with van der Waals surface area (Å²) in [6.45, 7) is 4.11. The van der Waals surface area contributed by atoms with Crippen molar-refractivity contribution in [2.24, 2.45) is 5.92 Å². The van der Waals surface area contributed by atoms with Gasteiger partial charge in [0.2, 0.25) is 0 Å². The van der Waals surface area contributed by atoms with Crippen molar-refractivity contribution < 1.29 is 4.79 Å². The van der Waals surface area contributed by atoms with Gasteiger partial charge in [-0.3, -0.25) is 4.79 Å². The van der Waals surface area contributed by atoms with E-state index in [0.717, 1.165) is 25.9 Å². The fourth-order valence-electron chi connectivity index (χ4n) is 3.49. The van der Waals surface area contributed by atoms with Gasteiger partial charge in [-0.05, 0) is 51.6 Å². The maximum atomic E-state index is 12.3. The highest BCUT2D eigenvalue weighted by Crippen LogP contribution is 2.27. The molecule has 1 aromatic heterocycles. The van der Waals surface area contributed by atoms with Gasteiger partial charge in [-0.25, -0.2) is 4.68 Å². The first-order valence-electron chi connectivity index (χ1n) is 8.17. The van der Waals surface area contributed by atoms with E-state index in [1.807, 2.05) is 4.68 Å². The van der Waals surface area contributed by atoms with Crippen molar-refractivity contribution in [2.45, 2.75) is 57.5 Å². The summed E-state index contributed by atoms with van der Waals surface area (Å²) in [4.78, 5) is 12.3. The van der Waals surface area contributed by atoms with Crippen LogP contribution in [-0.2, 0) is 0 Å². The van der Waals surface area contributed by atoms with E-state index in [1.165, 1.54) is 25.7 Å². The molecule has 116 valence electrons. The maximum absolute atomic E-state index is 12.3. The number of hydrogen-bond donors (Lipinski definition) is 2. The highest BCUT2D eigenvalue weighted by Gasteiger charge is 2.24. The second kappa shape index (κ2) is 6.56. The monoisotopic (exact) mass is 291 g/mol. The van der Waals surface area contributed by atoms with Crippen molar-refractivity contribution in [2.75, 3.05) is 13.1 Å². The summed E-state index contributed by atoms with van der Waals surface area (Å²) in [5, 5.41) is 14.6. The first-order valence-corrected chi connectivity index (χ1v) is 8.17. The number of amides is 1. The molecule has 6 nitrogen and oxygen atoms in total. The first-order chi connectivity index (χ1) is 10.2. The Morgan fingerprint density at radius 2 is 2.05 bits per heavy atom. The van der Waals surface area contributed by atoms with Gasteiger partial charge in [0, 0.05) is 6.04 Å². The van der Waals surface area contributed by atoms with Gasteiger partial charge >= 0.3 is 0 Å². The summed E-state index contributed by atoms with van der Waals surface area (Å²) in [6.07, 6.45) is 8.92. The predicted octanol–water partition coefficient (Wildman–Crippen LogP) is 1.51. The van der Waals surface area contributed by atoms with Crippen molar-refractivity contribution in [3.8, 4) is 0 Å². The Morgan fingerprint density at radius 1 is 1.33 bits per heavy atom. The second-order valence-electron chi connectivity index (χ2n) is 6.37. The smallest absolute Gasteiger partial charge is 0.273 e. The highest BCUT2D eigenvalue weighted by atomic mass is 16.2. The van der Waals surface area contributed by atoms with Crippen molar-refractivity contribution >= 4 is 5.91 Å². The number of nitrogens with zero attached hydrogens (tertiary/aromatic N) is 3. The van der Waals surface area contributed by atoms with Crippen LogP contribution in [0, 0.1) is 5.92 Å². The second-order valence-corrected chi connectivity index (χ2v) is 6.37. The number of carbonyl (C=O) groups is 1. The van der Waals surface area contributed by atoms with E-state index in [2.05, 4.69) is 27.9 Å². The third-order valence-corrected chi connectivity index (χ3v) is 4.89. The van der Waals surface area contributed by atoms with Gasteiger partial charge in [-0.15, -0.1) is 5.10 Å². The molecule has 6 heteroatoms. The molecule has 2 fully saturated rings. The zero-order valence-corrected chi connectivity index (χ0v) is 12.7. The molecule has 0 aromatic carbocycles. The van der Waals surface area contributed by atoms with Crippen LogP contribution in [0.5, 0.6) is 0 Å². The molecule has 2 N–H and O–H groups in total. The van der Waals surface area contributed by atoms with Crippen molar-refractivity contribution in [1.82, 2.24) is 25.6 Å². The lowest BCUT2D eigenvalue weighted by molar-refractivity contribution is 0.0922. The minimum atomic E-state index is -0.0883. The number of rotatable bonds is 4. The summed E-state index contributed by atoms with van der Waals surface area (Å²) < 4.78 is 1.86. The van der Waals surface area contributed by atoms with Crippen LogP contribution in [0.25, 0.3) is 0 Å². The molecule has 1 saturated heterocycles. The summed E-state index contributed by atoms with van der Waals surface area (Å²) >= 11 is 0. The average Bonchev–Trinajstić information content (AvgIpc) is 3.20. The highest BCUT2D eigenvalue weighted by molar-refractivity contribution is 5.92. The van der Waals surface area contributed by atoms with E-state index in [0.29, 0.717) is 17.7 Å². The maximum Gasteiger partial charge on any atom is 0.273 e. The molecule has 21 heavy (non-hydrogen) atoms. The summed E-state index contributed by atoms with van der Waals surface area (Å²) in [7, 11) is 0. The molecular weight excluding hydrogens is 266 g/mol. The average molecular weight is 291 g/mol. The molecular formula is C15H25N5O. The van der Waals surface area contributed by atoms with Crippen LogP contribution in [0.3, 0.4) is 0 Å². The van der Waals surface area contributed by atoms with E-state index in [-0.39, 0.29) is 11.9 Å². The fraction of sp³-hybridized carbons (Fsp3) is 0.800. The zero-order valence-electron chi connectivity index (χ0n) is 12.7. The van der Waals surface area contributed by atoms with Crippen LogP contribution in [-0.4, -0.2) is 40.0 Å². The molecule has 2 heterocycles. The van der Waals surface area contributed by atoms with Gasteiger partial charge in [0.1, 0.15) is 0 Å². The lowest BCUT2D eigenvalue weighted by atomic mass is 10.00. The summed E-state index contributed by atoms with van der Waals surface area (Å²) in [6, 6.07) is 0.594. The van der Waals surface area contributed by atoms with Gasteiger partial charge < -0.3 is 10.6 Å². The van der Waals surface area contributed by atoms with Gasteiger partial charge in [0.15, 0.2) is 5.69 Å². The van der Waals surface area contributed by atoms with Gasteiger partial charge in [0.05, 0.1) is 12.2 Å². The third kappa shape index (κ3) is 3.43. The van der Waals surface area contributed by atoms with Crippen LogP contribution in [0.15, 0.2) is 6.20 Å². The Morgan fingerprint density at radius 3 is 2.76 bits per heavy atom. The summed E-state index contributed by atoms with van der Waals surface area (Å²) in [5.41, 5.74) is 0.443. The predicted molar refractivity (Wildman–Crippen MR) is 80.0 cm³/mol. The van der Waals surface area contributed by atoms with Crippen molar-refractivity contribution in [1.29, 1.82) is 0 Å². The molecule has 0 bridgehead atoms. The Labute approximate surface area is 125 Å².